The van der Waals surface area contributed by atoms with Crippen molar-refractivity contribution < 1.29 is 23.0 Å². The van der Waals surface area contributed by atoms with E-state index < -0.39 is 23.2 Å². The number of ether oxygens (including phenoxy) is 2. The largest absolute Gasteiger partial charge is 0.444 e. The van der Waals surface area contributed by atoms with Crippen LogP contribution in [0.5, 0.6) is 0 Å². The summed E-state index contributed by atoms with van der Waals surface area (Å²) < 4.78 is 45.8. The van der Waals surface area contributed by atoms with Crippen LogP contribution in [0.1, 0.15) is 88.1 Å². The molecule has 3 atom stereocenters. The zero-order valence-corrected chi connectivity index (χ0v) is 26.8. The number of carbonyl (C=O) groups is 1. The van der Waals surface area contributed by atoms with Crippen molar-refractivity contribution in [2.24, 2.45) is 5.92 Å². The molecule has 1 unspecified atom stereocenters. The number of halogens is 2. The molecular weight excluding hydrogens is 582 g/mol. The van der Waals surface area contributed by atoms with Crippen LogP contribution in [0.15, 0.2) is 35.4 Å². The fraction of sp³-hybridized carbons (Fsp3) is 0.588. The predicted molar refractivity (Wildman–Crippen MR) is 167 cm³/mol. The number of likely N-dealkylation sites (N-methyl/N-ethyl adjacent to an activating group) is 1. The molecule has 3 fully saturated rings. The minimum atomic E-state index is -0.559. The van der Waals surface area contributed by atoms with Crippen LogP contribution in [0.4, 0.5) is 13.6 Å². The lowest BCUT2D eigenvalue weighted by molar-refractivity contribution is -0.0366. The number of carbonyl (C=O) groups excluding carboxylic acids is 1. The molecule has 10 heteroatoms. The highest BCUT2D eigenvalue weighted by Crippen LogP contribution is 2.48. The topological polar surface area (TPSA) is 59.8 Å². The maximum Gasteiger partial charge on any atom is 0.410 e. The van der Waals surface area contributed by atoms with Crippen molar-refractivity contribution >= 4 is 28.8 Å². The van der Waals surface area contributed by atoms with Gasteiger partial charge in [0, 0.05) is 59.3 Å². The van der Waals surface area contributed by atoms with E-state index in [4.69, 9.17) is 14.6 Å². The second-order valence-corrected chi connectivity index (χ2v) is 15.4. The van der Waals surface area contributed by atoms with Gasteiger partial charge in [0.05, 0.1) is 11.7 Å². The van der Waals surface area contributed by atoms with Crippen LogP contribution in [0.2, 0.25) is 0 Å². The van der Waals surface area contributed by atoms with E-state index in [1.54, 1.807) is 4.90 Å². The lowest BCUT2D eigenvalue weighted by atomic mass is 9.76. The van der Waals surface area contributed by atoms with Gasteiger partial charge in [-0.25, -0.2) is 18.3 Å². The van der Waals surface area contributed by atoms with Gasteiger partial charge in [-0.3, -0.25) is 4.90 Å². The van der Waals surface area contributed by atoms with Gasteiger partial charge in [-0.15, -0.1) is 11.8 Å². The second kappa shape index (κ2) is 11.6. The molecule has 2 aromatic carbocycles. The number of hydrogen-bond donors (Lipinski definition) is 0. The fourth-order valence-corrected chi connectivity index (χ4v) is 8.34. The lowest BCUT2D eigenvalue weighted by Crippen LogP contribution is -2.53. The Bertz CT molecular complexity index is 1530. The van der Waals surface area contributed by atoms with Crippen molar-refractivity contribution in [2.45, 2.75) is 99.8 Å². The molecule has 7 nitrogen and oxygen atoms in total. The Hall–Kier alpha value is -2.69. The van der Waals surface area contributed by atoms with Crippen LogP contribution in [0.3, 0.4) is 0 Å². The Morgan fingerprint density at radius 1 is 1.11 bits per heavy atom. The fourth-order valence-electron chi connectivity index (χ4n) is 7.10. The number of benzene rings is 2. The lowest BCUT2D eigenvalue weighted by Gasteiger charge is -2.42. The summed E-state index contributed by atoms with van der Waals surface area (Å²) in [5.41, 5.74) is 2.70. The van der Waals surface area contributed by atoms with E-state index in [1.165, 1.54) is 36.7 Å². The highest BCUT2D eigenvalue weighted by atomic mass is 32.2. The van der Waals surface area contributed by atoms with Gasteiger partial charge in [0.1, 0.15) is 17.2 Å². The molecule has 3 aromatic rings. The van der Waals surface area contributed by atoms with Crippen molar-refractivity contribution in [3.05, 3.63) is 58.8 Å². The summed E-state index contributed by atoms with van der Waals surface area (Å²) >= 11 is 1.42. The van der Waals surface area contributed by atoms with Crippen molar-refractivity contribution in [3.63, 3.8) is 0 Å². The molecule has 1 aromatic heterocycles. The molecule has 4 aliphatic rings. The van der Waals surface area contributed by atoms with E-state index in [0.717, 1.165) is 54.3 Å². The number of aromatic nitrogens is 2. The summed E-state index contributed by atoms with van der Waals surface area (Å²) in [6.07, 6.45) is 7.87. The first-order chi connectivity index (χ1) is 21.1. The normalized spacial score (nSPS) is 24.8. The zero-order chi connectivity index (χ0) is 30.7. The van der Waals surface area contributed by atoms with Crippen molar-refractivity contribution in [1.29, 1.82) is 0 Å². The van der Waals surface area contributed by atoms with Crippen LogP contribution < -0.4 is 0 Å². The van der Waals surface area contributed by atoms with E-state index >= 15 is 8.78 Å². The SMILES string of the molecule is CN1Cc2c(ccc3c2cnn3C2CCCCO2)[C@@H](c2c(F)cc(SC3CN(C(=O)OC(C)(C)C)C3)cc2F)[C@@H]1CC1CC1. The standard InChI is InChI=1S/C34H42F2N4O3S/c1-34(2,3)43-33(41)39-17-22(18-39)44-21-14-26(35)32(27(36)15-21)31-23-10-11-28-24(16-37-40(28)30-7-5-6-12-42-30)25(23)19-38(4)29(31)13-20-8-9-20/h10-11,14-16,20,22,29-31H,5-9,12-13,17-19H2,1-4H3/t29-,30?,31+/m0/s1. The first-order valence-electron chi connectivity index (χ1n) is 16.0. The van der Waals surface area contributed by atoms with Gasteiger partial charge in [0.25, 0.3) is 0 Å². The molecule has 0 N–H and O–H groups in total. The molecule has 4 heterocycles. The van der Waals surface area contributed by atoms with Crippen LogP contribution in [-0.2, 0) is 16.0 Å². The molecule has 0 radical (unpaired) electrons. The molecular formula is C34H42F2N4O3S. The van der Waals surface area contributed by atoms with Gasteiger partial charge < -0.3 is 14.4 Å². The second-order valence-electron chi connectivity index (χ2n) is 14.0. The van der Waals surface area contributed by atoms with E-state index in [0.29, 0.717) is 30.4 Å². The van der Waals surface area contributed by atoms with E-state index in [1.807, 2.05) is 31.6 Å². The number of likely N-dealkylation sites (tertiary alicyclic amines) is 1. The number of thioether (sulfide) groups is 1. The average Bonchev–Trinajstić information content (AvgIpc) is 3.66. The molecule has 7 rings (SSSR count). The van der Waals surface area contributed by atoms with Crippen LogP contribution in [0, 0.1) is 17.6 Å². The Kier molecular flexibility index (Phi) is 7.90. The van der Waals surface area contributed by atoms with E-state index in [9.17, 15) is 4.79 Å². The average molecular weight is 625 g/mol. The molecule has 236 valence electrons. The zero-order valence-electron chi connectivity index (χ0n) is 26.0. The number of fused-ring (bicyclic) bond motifs is 3. The third-order valence-corrected chi connectivity index (χ3v) is 10.6. The van der Waals surface area contributed by atoms with Crippen LogP contribution in [0.25, 0.3) is 10.9 Å². The third-order valence-electron chi connectivity index (χ3n) is 9.49. The third kappa shape index (κ3) is 5.85. The molecule has 0 bridgehead atoms. The Morgan fingerprint density at radius 3 is 2.52 bits per heavy atom. The summed E-state index contributed by atoms with van der Waals surface area (Å²) in [4.78, 5) is 16.8. The first-order valence-corrected chi connectivity index (χ1v) is 16.9. The quantitative estimate of drug-likeness (QED) is 0.284. The van der Waals surface area contributed by atoms with Gasteiger partial charge in [0.15, 0.2) is 6.23 Å². The van der Waals surface area contributed by atoms with E-state index in [-0.39, 0.29) is 29.2 Å². The Morgan fingerprint density at radius 2 is 1.86 bits per heavy atom. The Labute approximate surface area is 262 Å². The maximum absolute atomic E-state index is 16.2. The van der Waals surface area contributed by atoms with Crippen molar-refractivity contribution in [2.75, 3.05) is 26.7 Å². The minimum Gasteiger partial charge on any atom is -0.444 e. The molecule has 1 amide bonds. The highest BCUT2D eigenvalue weighted by molar-refractivity contribution is 8.00. The van der Waals surface area contributed by atoms with Gasteiger partial charge in [-0.2, -0.15) is 5.10 Å². The maximum atomic E-state index is 16.2. The van der Waals surface area contributed by atoms with Gasteiger partial charge in [-0.1, -0.05) is 18.9 Å². The number of hydrogen-bond acceptors (Lipinski definition) is 6. The summed E-state index contributed by atoms with van der Waals surface area (Å²) in [5.74, 6) is -0.828. The highest BCUT2D eigenvalue weighted by Gasteiger charge is 2.42. The van der Waals surface area contributed by atoms with Crippen molar-refractivity contribution in [3.8, 4) is 0 Å². The minimum absolute atomic E-state index is 0.000643. The smallest absolute Gasteiger partial charge is 0.410 e. The summed E-state index contributed by atoms with van der Waals surface area (Å²) in [7, 11) is 2.09. The number of rotatable bonds is 6. The molecule has 44 heavy (non-hydrogen) atoms. The molecule has 3 aliphatic heterocycles. The monoisotopic (exact) mass is 624 g/mol. The first kappa shape index (κ1) is 30.0. The number of amides is 1. The summed E-state index contributed by atoms with van der Waals surface area (Å²) in [6.45, 7) is 7.94. The van der Waals surface area contributed by atoms with E-state index in [2.05, 4.69) is 24.1 Å². The van der Waals surface area contributed by atoms with Gasteiger partial charge in [0.2, 0.25) is 0 Å². The molecule has 1 aliphatic carbocycles. The molecule has 1 saturated carbocycles. The van der Waals surface area contributed by atoms with Crippen LogP contribution >= 0.6 is 11.8 Å². The summed E-state index contributed by atoms with van der Waals surface area (Å²) in [6, 6.07) is 7.12. The molecule has 0 spiro atoms. The Balaban J connectivity index is 1.18. The predicted octanol–water partition coefficient (Wildman–Crippen LogP) is 7.47. The summed E-state index contributed by atoms with van der Waals surface area (Å²) in [5, 5.41) is 5.84. The molecule has 2 saturated heterocycles. The number of nitrogens with zero attached hydrogens (tertiary/aromatic N) is 4. The van der Waals surface area contributed by atoms with Gasteiger partial charge >= 0.3 is 6.09 Å². The van der Waals surface area contributed by atoms with Crippen LogP contribution in [-0.4, -0.2) is 69.3 Å². The van der Waals surface area contributed by atoms with Crippen molar-refractivity contribution in [1.82, 2.24) is 19.6 Å². The van der Waals surface area contributed by atoms with Gasteiger partial charge in [-0.05, 0) is 88.7 Å².